The first-order chi connectivity index (χ1) is 10.2. The molecule has 21 heavy (non-hydrogen) atoms. The maximum atomic E-state index is 11.7. The highest BCUT2D eigenvalue weighted by molar-refractivity contribution is 5.70. The van der Waals surface area contributed by atoms with Crippen LogP contribution in [-0.2, 0) is 6.54 Å². The van der Waals surface area contributed by atoms with Crippen LogP contribution >= 0.6 is 0 Å². The summed E-state index contributed by atoms with van der Waals surface area (Å²) in [6.45, 7) is 3.27. The van der Waals surface area contributed by atoms with Crippen molar-refractivity contribution in [2.75, 3.05) is 6.54 Å². The van der Waals surface area contributed by atoms with E-state index < -0.39 is 6.09 Å². The molecule has 1 aliphatic carbocycles. The van der Waals surface area contributed by atoms with Crippen LogP contribution in [0.25, 0.3) is 0 Å². The molecule has 0 atom stereocenters. The van der Waals surface area contributed by atoms with Gasteiger partial charge in [0.2, 0.25) is 5.88 Å². The Kier molecular flexibility index (Phi) is 3.85. The van der Waals surface area contributed by atoms with Gasteiger partial charge in [0.15, 0.2) is 0 Å². The standard InChI is InChI=1S/C15H18N4O2/c1-11-6-13(9-19-5-4-16-10-19)8-17-14(11)21-15(20)18-7-12-2-3-12/h4-6,8,10,12H,2-3,7,9H2,1H3,(H,18,20). The fourth-order valence-corrected chi connectivity index (χ4v) is 2.08. The summed E-state index contributed by atoms with van der Waals surface area (Å²) < 4.78 is 7.19. The molecular formula is C15H18N4O2. The molecule has 6 nitrogen and oxygen atoms in total. The Labute approximate surface area is 123 Å². The fraction of sp³-hybridized carbons (Fsp3) is 0.400. The highest BCUT2D eigenvalue weighted by Crippen LogP contribution is 2.27. The number of aromatic nitrogens is 3. The number of hydrogen-bond donors (Lipinski definition) is 1. The Bertz CT molecular complexity index is 621. The minimum Gasteiger partial charge on any atom is -0.391 e. The molecule has 0 saturated heterocycles. The summed E-state index contributed by atoms with van der Waals surface area (Å²) in [5.74, 6) is 0.988. The largest absolute Gasteiger partial charge is 0.413 e. The molecule has 0 bridgehead atoms. The van der Waals surface area contributed by atoms with E-state index >= 15 is 0 Å². The van der Waals surface area contributed by atoms with Crippen LogP contribution in [0.4, 0.5) is 4.79 Å². The molecule has 0 unspecified atom stereocenters. The predicted octanol–water partition coefficient (Wildman–Crippen LogP) is 2.13. The van der Waals surface area contributed by atoms with Crippen molar-refractivity contribution in [3.05, 3.63) is 42.1 Å². The van der Waals surface area contributed by atoms with Crippen LogP contribution in [0.1, 0.15) is 24.0 Å². The van der Waals surface area contributed by atoms with Crippen molar-refractivity contribution in [3.63, 3.8) is 0 Å². The summed E-state index contributed by atoms with van der Waals surface area (Å²) in [7, 11) is 0. The first kappa shape index (κ1) is 13.6. The lowest BCUT2D eigenvalue weighted by Gasteiger charge is -2.09. The fourth-order valence-electron chi connectivity index (χ4n) is 2.08. The van der Waals surface area contributed by atoms with Crippen LogP contribution in [0.2, 0.25) is 0 Å². The molecule has 2 aromatic heterocycles. The van der Waals surface area contributed by atoms with E-state index in [1.165, 1.54) is 12.8 Å². The molecular weight excluding hydrogens is 268 g/mol. The Balaban J connectivity index is 1.59. The highest BCUT2D eigenvalue weighted by atomic mass is 16.6. The zero-order valence-electron chi connectivity index (χ0n) is 12.0. The van der Waals surface area contributed by atoms with E-state index in [0.29, 0.717) is 24.9 Å². The van der Waals surface area contributed by atoms with Crippen molar-refractivity contribution in [2.45, 2.75) is 26.3 Å². The van der Waals surface area contributed by atoms with Crippen LogP contribution in [0.15, 0.2) is 31.0 Å². The molecule has 1 N–H and O–H groups in total. The third-order valence-electron chi connectivity index (χ3n) is 3.43. The molecule has 0 aliphatic heterocycles. The van der Waals surface area contributed by atoms with Crippen molar-refractivity contribution in [1.29, 1.82) is 0 Å². The molecule has 2 aromatic rings. The van der Waals surface area contributed by atoms with Crippen LogP contribution in [0, 0.1) is 12.8 Å². The molecule has 0 spiro atoms. The van der Waals surface area contributed by atoms with Gasteiger partial charge in [-0.25, -0.2) is 14.8 Å². The summed E-state index contributed by atoms with van der Waals surface area (Å²) in [6, 6.07) is 1.97. The molecule has 1 aliphatic rings. The van der Waals surface area contributed by atoms with E-state index in [1.54, 1.807) is 18.7 Å². The third kappa shape index (κ3) is 3.81. The molecule has 1 amide bonds. The Morgan fingerprint density at radius 2 is 2.38 bits per heavy atom. The minimum absolute atomic E-state index is 0.359. The van der Waals surface area contributed by atoms with Gasteiger partial charge in [0, 0.05) is 30.7 Å². The lowest BCUT2D eigenvalue weighted by molar-refractivity contribution is 0.197. The van der Waals surface area contributed by atoms with Crippen molar-refractivity contribution in [1.82, 2.24) is 19.9 Å². The quantitative estimate of drug-likeness (QED) is 0.914. The number of pyridine rings is 1. The number of carbonyl (C=O) groups excluding carboxylic acids is 1. The molecule has 2 heterocycles. The van der Waals surface area contributed by atoms with E-state index in [9.17, 15) is 4.79 Å². The monoisotopic (exact) mass is 286 g/mol. The average Bonchev–Trinajstić information content (AvgIpc) is 3.16. The number of amides is 1. The van der Waals surface area contributed by atoms with Gasteiger partial charge in [0.05, 0.1) is 12.9 Å². The molecule has 0 aromatic carbocycles. The molecule has 1 saturated carbocycles. The maximum absolute atomic E-state index is 11.7. The van der Waals surface area contributed by atoms with Crippen LogP contribution in [0.3, 0.4) is 0 Å². The number of hydrogen-bond acceptors (Lipinski definition) is 4. The Morgan fingerprint density at radius 1 is 1.52 bits per heavy atom. The van der Waals surface area contributed by atoms with Gasteiger partial charge < -0.3 is 14.6 Å². The first-order valence-electron chi connectivity index (χ1n) is 7.07. The van der Waals surface area contributed by atoms with Crippen molar-refractivity contribution >= 4 is 6.09 Å². The first-order valence-corrected chi connectivity index (χ1v) is 7.07. The van der Waals surface area contributed by atoms with Gasteiger partial charge in [0.1, 0.15) is 0 Å². The second kappa shape index (κ2) is 5.95. The lowest BCUT2D eigenvalue weighted by atomic mass is 10.2. The van der Waals surface area contributed by atoms with Crippen LogP contribution in [0.5, 0.6) is 5.88 Å². The van der Waals surface area contributed by atoms with E-state index in [4.69, 9.17) is 4.74 Å². The molecule has 1 fully saturated rings. The van der Waals surface area contributed by atoms with E-state index in [-0.39, 0.29) is 0 Å². The topological polar surface area (TPSA) is 69.0 Å². The maximum Gasteiger partial charge on any atom is 0.413 e. The van der Waals surface area contributed by atoms with Gasteiger partial charge in [-0.1, -0.05) is 0 Å². The minimum atomic E-state index is -0.431. The number of imidazole rings is 1. The second-order valence-electron chi connectivity index (χ2n) is 5.41. The van der Waals surface area contributed by atoms with Gasteiger partial charge in [-0.15, -0.1) is 0 Å². The van der Waals surface area contributed by atoms with Gasteiger partial charge in [-0.2, -0.15) is 0 Å². The average molecular weight is 286 g/mol. The highest BCUT2D eigenvalue weighted by Gasteiger charge is 2.22. The summed E-state index contributed by atoms with van der Waals surface area (Å²) in [5.41, 5.74) is 1.88. The second-order valence-corrected chi connectivity index (χ2v) is 5.41. The zero-order chi connectivity index (χ0) is 14.7. The Morgan fingerprint density at radius 3 is 3.05 bits per heavy atom. The third-order valence-corrected chi connectivity index (χ3v) is 3.43. The molecule has 110 valence electrons. The Hall–Kier alpha value is -2.37. The lowest BCUT2D eigenvalue weighted by Crippen LogP contribution is -2.29. The van der Waals surface area contributed by atoms with Crippen molar-refractivity contribution in [3.8, 4) is 5.88 Å². The predicted molar refractivity (Wildman–Crippen MR) is 77.1 cm³/mol. The molecule has 3 rings (SSSR count). The van der Waals surface area contributed by atoms with Gasteiger partial charge in [0.25, 0.3) is 0 Å². The van der Waals surface area contributed by atoms with E-state index in [2.05, 4.69) is 15.3 Å². The SMILES string of the molecule is Cc1cc(Cn2ccnc2)cnc1OC(=O)NCC1CC1. The summed E-state index contributed by atoms with van der Waals surface area (Å²) in [4.78, 5) is 19.9. The number of ether oxygens (including phenoxy) is 1. The van der Waals surface area contributed by atoms with Crippen LogP contribution < -0.4 is 10.1 Å². The molecule has 6 heteroatoms. The van der Waals surface area contributed by atoms with E-state index in [1.807, 2.05) is 23.8 Å². The number of carbonyl (C=O) groups is 1. The van der Waals surface area contributed by atoms with Crippen molar-refractivity contribution < 1.29 is 9.53 Å². The normalized spacial score (nSPS) is 14.0. The summed E-state index contributed by atoms with van der Waals surface area (Å²) in [5, 5.41) is 2.76. The van der Waals surface area contributed by atoms with Gasteiger partial charge in [-0.3, -0.25) is 0 Å². The van der Waals surface area contributed by atoms with E-state index in [0.717, 1.165) is 11.1 Å². The van der Waals surface area contributed by atoms with Gasteiger partial charge >= 0.3 is 6.09 Å². The smallest absolute Gasteiger partial charge is 0.391 e. The summed E-state index contributed by atoms with van der Waals surface area (Å²) in [6.07, 6.45) is 9.06. The number of nitrogens with zero attached hydrogens (tertiary/aromatic N) is 3. The van der Waals surface area contributed by atoms with Crippen LogP contribution in [-0.4, -0.2) is 27.2 Å². The number of aryl methyl sites for hydroxylation is 1. The molecule has 0 radical (unpaired) electrons. The van der Waals surface area contributed by atoms with Gasteiger partial charge in [-0.05, 0) is 37.3 Å². The number of nitrogens with one attached hydrogen (secondary N) is 1. The zero-order valence-corrected chi connectivity index (χ0v) is 12.0. The number of rotatable bonds is 5. The summed E-state index contributed by atoms with van der Waals surface area (Å²) >= 11 is 0. The van der Waals surface area contributed by atoms with Crippen molar-refractivity contribution in [2.24, 2.45) is 5.92 Å².